The molecule has 0 unspecified atom stereocenters. The van der Waals surface area contributed by atoms with Gasteiger partial charge >= 0.3 is 0 Å². The maximum absolute atomic E-state index is 5.76. The summed E-state index contributed by atoms with van der Waals surface area (Å²) in [6.45, 7) is 2.05. The van der Waals surface area contributed by atoms with E-state index in [2.05, 4.69) is 50.2 Å². The molecule has 0 aromatic heterocycles. The molecule has 0 saturated heterocycles. The van der Waals surface area contributed by atoms with Gasteiger partial charge in [-0.3, -0.25) is 0 Å². The van der Waals surface area contributed by atoms with Crippen LogP contribution in [-0.4, -0.2) is 4.99 Å². The molecular weight excluding hydrogens is 388 g/mol. The minimum atomic E-state index is 0.368. The lowest BCUT2D eigenvalue weighted by atomic mass is 10.1. The Morgan fingerprint density at radius 1 is 1.11 bits per heavy atom. The Bertz CT molecular complexity index is 641. The largest absolute Gasteiger partial charge is 0.389 e. The van der Waals surface area contributed by atoms with Crippen molar-refractivity contribution in [2.75, 3.05) is 5.32 Å². The summed E-state index contributed by atoms with van der Waals surface area (Å²) in [5, 5.41) is 3.34. The van der Waals surface area contributed by atoms with E-state index >= 15 is 0 Å². The van der Waals surface area contributed by atoms with Gasteiger partial charge in [0.05, 0.1) is 5.69 Å². The number of hydrogen-bond acceptors (Lipinski definition) is 2. The highest BCUT2D eigenvalue weighted by atomic mass is 79.9. The van der Waals surface area contributed by atoms with Crippen molar-refractivity contribution in [1.29, 1.82) is 0 Å². The molecule has 2 rings (SSSR count). The summed E-state index contributed by atoms with van der Waals surface area (Å²) < 4.78 is 1.95. The first kappa shape index (κ1) is 14.5. The van der Waals surface area contributed by atoms with Crippen LogP contribution in [0.2, 0.25) is 0 Å². The van der Waals surface area contributed by atoms with E-state index in [1.54, 1.807) is 0 Å². The van der Waals surface area contributed by atoms with Crippen molar-refractivity contribution in [3.63, 3.8) is 0 Å². The first-order valence-electron chi connectivity index (χ1n) is 5.60. The van der Waals surface area contributed by atoms with Crippen molar-refractivity contribution in [1.82, 2.24) is 0 Å². The molecule has 0 radical (unpaired) electrons. The molecule has 2 aromatic carbocycles. The van der Waals surface area contributed by atoms with Crippen LogP contribution in [0.15, 0.2) is 45.3 Å². The van der Waals surface area contributed by atoms with E-state index in [-0.39, 0.29) is 0 Å². The number of aryl methyl sites for hydroxylation is 1. The maximum atomic E-state index is 5.76. The van der Waals surface area contributed by atoms with Gasteiger partial charge in [-0.2, -0.15) is 0 Å². The lowest BCUT2D eigenvalue weighted by Crippen LogP contribution is -2.12. The monoisotopic (exact) mass is 398 g/mol. The Kier molecular flexibility index (Phi) is 4.60. The second-order valence-electron chi connectivity index (χ2n) is 4.16. The average molecular weight is 400 g/mol. The summed E-state index contributed by atoms with van der Waals surface area (Å²) in [5.41, 5.74) is 9.64. The predicted molar refractivity (Wildman–Crippen MR) is 92.2 cm³/mol. The van der Waals surface area contributed by atoms with E-state index in [0.29, 0.717) is 4.99 Å². The van der Waals surface area contributed by atoms with Gasteiger partial charge in [0.25, 0.3) is 0 Å². The van der Waals surface area contributed by atoms with E-state index in [0.717, 1.165) is 25.9 Å². The van der Waals surface area contributed by atoms with E-state index in [1.165, 1.54) is 5.56 Å². The number of nitrogens with two attached hydrogens (primary N) is 1. The fourth-order valence-corrected chi connectivity index (χ4v) is 2.82. The molecule has 2 nitrogen and oxygen atoms in total. The topological polar surface area (TPSA) is 38.0 Å². The van der Waals surface area contributed by atoms with Crippen LogP contribution in [0.1, 0.15) is 11.1 Å². The quantitative estimate of drug-likeness (QED) is 0.721. The van der Waals surface area contributed by atoms with Gasteiger partial charge in [0.15, 0.2) is 0 Å². The van der Waals surface area contributed by atoms with Gasteiger partial charge in [-0.05, 0) is 58.7 Å². The van der Waals surface area contributed by atoms with Crippen LogP contribution < -0.4 is 11.1 Å². The Balaban J connectivity index is 2.40. The second-order valence-corrected chi connectivity index (χ2v) is 6.37. The predicted octanol–water partition coefficient (Wildman–Crippen LogP) is 4.90. The normalized spacial score (nSPS) is 10.3. The number of hydrogen-bond donors (Lipinski definition) is 2. The third-order valence-electron chi connectivity index (χ3n) is 2.64. The summed E-state index contributed by atoms with van der Waals surface area (Å²) in [6.07, 6.45) is 0. The van der Waals surface area contributed by atoms with E-state index < -0.39 is 0 Å². The molecule has 0 fully saturated rings. The third kappa shape index (κ3) is 3.55. The second kappa shape index (κ2) is 6.03. The summed E-state index contributed by atoms with van der Waals surface area (Å²) in [6, 6.07) is 11.9. The zero-order valence-corrected chi connectivity index (χ0v) is 14.2. The summed E-state index contributed by atoms with van der Waals surface area (Å²) in [7, 11) is 0. The molecule has 0 atom stereocenters. The molecule has 0 spiro atoms. The SMILES string of the molecule is Cc1ccc(Nc2ccc(Br)cc2C(N)=S)c(Br)c1. The standard InChI is InChI=1S/C14H12Br2N2S/c1-8-2-4-13(11(16)6-8)18-12-5-3-9(15)7-10(12)14(17)19/h2-7,18H,1H3,(H2,17,19). The van der Waals surface area contributed by atoms with Crippen LogP contribution in [-0.2, 0) is 0 Å². The first-order chi connectivity index (χ1) is 8.97. The van der Waals surface area contributed by atoms with Gasteiger partial charge in [0.2, 0.25) is 0 Å². The molecule has 0 aliphatic carbocycles. The fraction of sp³-hybridized carbons (Fsp3) is 0.0714. The minimum absolute atomic E-state index is 0.368. The van der Waals surface area contributed by atoms with Crippen molar-refractivity contribution < 1.29 is 0 Å². The lowest BCUT2D eigenvalue weighted by Gasteiger charge is -2.13. The van der Waals surface area contributed by atoms with Crippen LogP contribution in [0, 0.1) is 6.92 Å². The van der Waals surface area contributed by atoms with Gasteiger partial charge in [-0.1, -0.05) is 34.2 Å². The fourth-order valence-electron chi connectivity index (χ4n) is 1.70. The zero-order chi connectivity index (χ0) is 14.0. The molecule has 0 aliphatic rings. The zero-order valence-electron chi connectivity index (χ0n) is 10.2. The summed E-state index contributed by atoms with van der Waals surface area (Å²) >= 11 is 12.1. The smallest absolute Gasteiger partial charge is 0.106 e. The van der Waals surface area contributed by atoms with Crippen LogP contribution in [0.3, 0.4) is 0 Å². The van der Waals surface area contributed by atoms with Crippen molar-refractivity contribution in [3.05, 3.63) is 56.5 Å². The van der Waals surface area contributed by atoms with Gasteiger partial charge in [-0.15, -0.1) is 0 Å². The van der Waals surface area contributed by atoms with Gasteiger partial charge in [-0.25, -0.2) is 0 Å². The van der Waals surface area contributed by atoms with Gasteiger partial charge in [0.1, 0.15) is 4.99 Å². The van der Waals surface area contributed by atoms with Crippen molar-refractivity contribution >= 4 is 60.4 Å². The highest BCUT2D eigenvalue weighted by Gasteiger charge is 2.08. The van der Waals surface area contributed by atoms with Crippen LogP contribution in [0.25, 0.3) is 0 Å². The molecule has 0 saturated carbocycles. The Hall–Kier alpha value is -0.910. The highest BCUT2D eigenvalue weighted by molar-refractivity contribution is 9.10. The van der Waals surface area contributed by atoms with Crippen molar-refractivity contribution in [3.8, 4) is 0 Å². The Labute approximate surface area is 134 Å². The van der Waals surface area contributed by atoms with E-state index in [4.69, 9.17) is 18.0 Å². The molecule has 0 amide bonds. The Morgan fingerprint density at radius 3 is 2.42 bits per heavy atom. The number of halogens is 2. The number of benzene rings is 2. The molecule has 0 aliphatic heterocycles. The first-order valence-corrected chi connectivity index (χ1v) is 7.59. The molecule has 3 N–H and O–H groups in total. The molecule has 19 heavy (non-hydrogen) atoms. The highest BCUT2D eigenvalue weighted by Crippen LogP contribution is 2.29. The van der Waals surface area contributed by atoms with Crippen LogP contribution >= 0.6 is 44.1 Å². The molecular formula is C14H12Br2N2S. The minimum Gasteiger partial charge on any atom is -0.389 e. The van der Waals surface area contributed by atoms with E-state index in [1.807, 2.05) is 30.3 Å². The van der Waals surface area contributed by atoms with Crippen molar-refractivity contribution in [2.45, 2.75) is 6.92 Å². The maximum Gasteiger partial charge on any atom is 0.106 e. The van der Waals surface area contributed by atoms with Crippen molar-refractivity contribution in [2.24, 2.45) is 5.73 Å². The number of anilines is 2. The van der Waals surface area contributed by atoms with Crippen LogP contribution in [0.4, 0.5) is 11.4 Å². The summed E-state index contributed by atoms with van der Waals surface area (Å²) in [4.78, 5) is 0.368. The van der Waals surface area contributed by atoms with Crippen LogP contribution in [0.5, 0.6) is 0 Å². The van der Waals surface area contributed by atoms with E-state index in [9.17, 15) is 0 Å². The Morgan fingerprint density at radius 2 is 1.79 bits per heavy atom. The molecule has 0 heterocycles. The lowest BCUT2D eigenvalue weighted by molar-refractivity contribution is 1.42. The number of thiocarbonyl (C=S) groups is 1. The average Bonchev–Trinajstić information content (AvgIpc) is 2.34. The molecule has 5 heteroatoms. The number of rotatable bonds is 3. The summed E-state index contributed by atoms with van der Waals surface area (Å²) in [5.74, 6) is 0. The molecule has 2 aromatic rings. The number of nitrogens with one attached hydrogen (secondary N) is 1. The van der Waals surface area contributed by atoms with Gasteiger partial charge in [0, 0.05) is 20.2 Å². The molecule has 0 bridgehead atoms. The third-order valence-corrected chi connectivity index (χ3v) is 4.01. The molecule has 98 valence electrons. The van der Waals surface area contributed by atoms with Gasteiger partial charge < -0.3 is 11.1 Å².